The third-order valence-corrected chi connectivity index (χ3v) is 4.93. The lowest BCUT2D eigenvalue weighted by Gasteiger charge is -2.49. The summed E-state index contributed by atoms with van der Waals surface area (Å²) < 4.78 is 1.26. The van der Waals surface area contributed by atoms with Crippen LogP contribution in [0.25, 0.3) is 0 Å². The van der Waals surface area contributed by atoms with Crippen molar-refractivity contribution in [2.45, 2.75) is 32.2 Å². The second-order valence-electron chi connectivity index (χ2n) is 6.29. The van der Waals surface area contributed by atoms with Crippen LogP contribution in [-0.4, -0.2) is 35.2 Å². The Balaban J connectivity index is 1.67. The number of hydrogen-bond donors (Lipinski definition) is 1. The number of fused-ring (bicyclic) bond motifs is 3. The van der Waals surface area contributed by atoms with Crippen molar-refractivity contribution in [3.63, 3.8) is 0 Å². The first-order chi connectivity index (χ1) is 9.15. The Morgan fingerprint density at radius 3 is 2.11 bits per heavy atom. The summed E-state index contributed by atoms with van der Waals surface area (Å²) in [6, 6.07) is 8.18. The van der Waals surface area contributed by atoms with Gasteiger partial charge < -0.3 is 9.59 Å². The van der Waals surface area contributed by atoms with E-state index in [2.05, 4.69) is 12.1 Å². The molecule has 1 aromatic rings. The van der Waals surface area contributed by atoms with Gasteiger partial charge in [0.1, 0.15) is 6.54 Å². The van der Waals surface area contributed by atoms with Crippen molar-refractivity contribution in [2.24, 2.45) is 5.92 Å². The average Bonchev–Trinajstić information content (AvgIpc) is 2.42. The van der Waals surface area contributed by atoms with Crippen LogP contribution in [0.3, 0.4) is 0 Å². The summed E-state index contributed by atoms with van der Waals surface area (Å²) in [6.45, 7) is 5.13. The molecule has 3 aliphatic heterocycles. The highest BCUT2D eigenvalue weighted by atomic mass is 16.4. The van der Waals surface area contributed by atoms with Gasteiger partial charge in [-0.15, -0.1) is 0 Å². The van der Waals surface area contributed by atoms with Crippen molar-refractivity contribution in [1.29, 1.82) is 0 Å². The van der Waals surface area contributed by atoms with Crippen LogP contribution in [0.15, 0.2) is 24.3 Å². The number of carboxylic acid groups (broad SMARTS) is 1. The van der Waals surface area contributed by atoms with E-state index in [9.17, 15) is 4.79 Å². The Labute approximate surface area is 114 Å². The lowest BCUT2D eigenvalue weighted by molar-refractivity contribution is -0.955. The molecule has 1 aromatic carbocycles. The summed E-state index contributed by atoms with van der Waals surface area (Å²) in [5.74, 6) is 0.241. The van der Waals surface area contributed by atoms with Gasteiger partial charge >= 0.3 is 5.97 Å². The summed E-state index contributed by atoms with van der Waals surface area (Å²) in [7, 11) is 0. The Morgan fingerprint density at radius 1 is 1.05 bits per heavy atom. The van der Waals surface area contributed by atoms with Gasteiger partial charge in [0, 0.05) is 5.56 Å². The molecule has 0 saturated carbocycles. The first kappa shape index (κ1) is 12.7. The summed E-state index contributed by atoms with van der Waals surface area (Å²) in [4.78, 5) is 10.7. The van der Waals surface area contributed by atoms with Crippen molar-refractivity contribution < 1.29 is 14.4 Å². The molecular formula is C16H22NO2+. The van der Waals surface area contributed by atoms with Crippen LogP contribution in [0.5, 0.6) is 0 Å². The zero-order chi connectivity index (χ0) is 13.3. The van der Waals surface area contributed by atoms with Gasteiger partial charge in [0.15, 0.2) is 0 Å². The standard InChI is InChI=1S/C16H21NO2/c18-16(19)11-14-1-3-15(4-2-14)12-17-8-5-13(6-9-17)7-10-17/h1-4,13H,5-12H2/p+1. The van der Waals surface area contributed by atoms with Crippen LogP contribution in [-0.2, 0) is 17.8 Å². The molecule has 19 heavy (non-hydrogen) atoms. The number of carboxylic acids is 1. The molecule has 0 aliphatic carbocycles. The quantitative estimate of drug-likeness (QED) is 0.844. The van der Waals surface area contributed by atoms with Crippen molar-refractivity contribution >= 4 is 5.97 Å². The SMILES string of the molecule is O=C(O)Cc1ccc(C[N+]23CCC(CC2)CC3)cc1. The molecule has 0 unspecified atom stereocenters. The van der Waals surface area contributed by atoms with Gasteiger partial charge in [-0.05, 0) is 30.7 Å². The van der Waals surface area contributed by atoms with Gasteiger partial charge in [-0.1, -0.05) is 24.3 Å². The number of piperidine rings is 3. The first-order valence-electron chi connectivity index (χ1n) is 7.30. The van der Waals surface area contributed by atoms with Crippen molar-refractivity contribution in [3.8, 4) is 0 Å². The maximum atomic E-state index is 10.7. The lowest BCUT2D eigenvalue weighted by Crippen LogP contribution is -2.57. The molecule has 0 aromatic heterocycles. The van der Waals surface area contributed by atoms with Crippen molar-refractivity contribution in [1.82, 2.24) is 0 Å². The molecule has 4 rings (SSSR count). The monoisotopic (exact) mass is 260 g/mol. The van der Waals surface area contributed by atoms with Gasteiger partial charge in [0.25, 0.3) is 0 Å². The number of rotatable bonds is 4. The number of quaternary nitrogens is 1. The number of hydrogen-bond acceptors (Lipinski definition) is 1. The van der Waals surface area contributed by atoms with E-state index in [1.807, 2.05) is 12.1 Å². The van der Waals surface area contributed by atoms with E-state index in [0.717, 1.165) is 18.0 Å². The van der Waals surface area contributed by atoms with Crippen molar-refractivity contribution in [2.75, 3.05) is 19.6 Å². The third-order valence-electron chi connectivity index (χ3n) is 4.93. The molecule has 0 radical (unpaired) electrons. The number of nitrogens with zero attached hydrogens (tertiary/aromatic N) is 1. The van der Waals surface area contributed by atoms with Gasteiger partial charge in [0.05, 0.1) is 26.1 Å². The third kappa shape index (κ3) is 2.81. The molecule has 3 saturated heterocycles. The second-order valence-corrected chi connectivity index (χ2v) is 6.29. The fraction of sp³-hybridized carbons (Fsp3) is 0.562. The first-order valence-corrected chi connectivity index (χ1v) is 7.30. The molecule has 0 amide bonds. The predicted molar refractivity (Wildman–Crippen MR) is 73.7 cm³/mol. The molecule has 2 bridgehead atoms. The molecule has 0 atom stereocenters. The normalized spacial score (nSPS) is 29.4. The summed E-state index contributed by atoms with van der Waals surface area (Å²) in [5, 5.41) is 8.78. The van der Waals surface area contributed by atoms with Crippen LogP contribution < -0.4 is 0 Å². The molecule has 3 heterocycles. The van der Waals surface area contributed by atoms with Crippen LogP contribution in [0.2, 0.25) is 0 Å². The molecule has 102 valence electrons. The highest BCUT2D eigenvalue weighted by Gasteiger charge is 2.39. The second kappa shape index (κ2) is 4.97. The Kier molecular flexibility index (Phi) is 3.31. The molecule has 3 heteroatoms. The topological polar surface area (TPSA) is 37.3 Å². The van der Waals surface area contributed by atoms with Crippen LogP contribution in [0.4, 0.5) is 0 Å². The number of aliphatic carboxylic acids is 1. The summed E-state index contributed by atoms with van der Waals surface area (Å²) in [5.41, 5.74) is 2.25. The predicted octanol–water partition coefficient (Wildman–Crippen LogP) is 2.44. The van der Waals surface area contributed by atoms with E-state index in [-0.39, 0.29) is 6.42 Å². The van der Waals surface area contributed by atoms with Gasteiger partial charge in [-0.2, -0.15) is 0 Å². The lowest BCUT2D eigenvalue weighted by atomic mass is 9.85. The summed E-state index contributed by atoms with van der Waals surface area (Å²) in [6.07, 6.45) is 4.33. The molecule has 1 N–H and O–H groups in total. The Hall–Kier alpha value is -1.35. The van der Waals surface area contributed by atoms with E-state index in [4.69, 9.17) is 5.11 Å². The maximum absolute atomic E-state index is 10.7. The van der Waals surface area contributed by atoms with Gasteiger partial charge in [0.2, 0.25) is 0 Å². The van der Waals surface area contributed by atoms with E-state index in [0.29, 0.717) is 0 Å². The highest BCUT2D eigenvalue weighted by molar-refractivity contribution is 5.70. The Bertz CT molecular complexity index is 444. The fourth-order valence-corrected chi connectivity index (χ4v) is 3.70. The highest BCUT2D eigenvalue weighted by Crippen LogP contribution is 2.35. The van der Waals surface area contributed by atoms with Gasteiger partial charge in [-0.3, -0.25) is 4.79 Å². The molecule has 0 spiro atoms. The van der Waals surface area contributed by atoms with E-state index in [1.165, 1.54) is 48.9 Å². The molecule has 3 fully saturated rings. The van der Waals surface area contributed by atoms with Crippen LogP contribution >= 0.6 is 0 Å². The van der Waals surface area contributed by atoms with E-state index in [1.54, 1.807) is 0 Å². The van der Waals surface area contributed by atoms with Crippen LogP contribution in [0, 0.1) is 5.92 Å². The molecule has 3 nitrogen and oxygen atoms in total. The minimum Gasteiger partial charge on any atom is -0.481 e. The molecule has 3 aliphatic rings. The zero-order valence-electron chi connectivity index (χ0n) is 11.3. The minimum atomic E-state index is -0.757. The maximum Gasteiger partial charge on any atom is 0.307 e. The zero-order valence-corrected chi connectivity index (χ0v) is 11.3. The van der Waals surface area contributed by atoms with Gasteiger partial charge in [-0.25, -0.2) is 0 Å². The Morgan fingerprint density at radius 2 is 1.58 bits per heavy atom. The molecular weight excluding hydrogens is 238 g/mol. The largest absolute Gasteiger partial charge is 0.481 e. The van der Waals surface area contributed by atoms with E-state index >= 15 is 0 Å². The summed E-state index contributed by atoms with van der Waals surface area (Å²) >= 11 is 0. The number of benzene rings is 1. The van der Waals surface area contributed by atoms with E-state index < -0.39 is 5.97 Å². The minimum absolute atomic E-state index is 0.127. The smallest absolute Gasteiger partial charge is 0.307 e. The van der Waals surface area contributed by atoms with Crippen LogP contribution in [0.1, 0.15) is 30.4 Å². The fourth-order valence-electron chi connectivity index (χ4n) is 3.70. The average molecular weight is 260 g/mol. The number of carbonyl (C=O) groups is 1. The van der Waals surface area contributed by atoms with Crippen molar-refractivity contribution in [3.05, 3.63) is 35.4 Å².